The lowest BCUT2D eigenvalue weighted by atomic mass is 10.1. The van der Waals surface area contributed by atoms with Crippen LogP contribution in [-0.4, -0.2) is 36.9 Å². The van der Waals surface area contributed by atoms with Crippen molar-refractivity contribution in [2.45, 2.75) is 41.2 Å². The number of carbonyl (C=O) groups excluding carboxylic acids is 1. The third-order valence-electron chi connectivity index (χ3n) is 4.63. The van der Waals surface area contributed by atoms with Crippen molar-refractivity contribution in [2.24, 2.45) is 4.99 Å². The van der Waals surface area contributed by atoms with Crippen LogP contribution in [0.25, 0.3) is 10.2 Å². The molecule has 0 atom stereocenters. The molecule has 0 aliphatic carbocycles. The largest absolute Gasteiger partial charge is 0.492 e. The summed E-state index contributed by atoms with van der Waals surface area (Å²) >= 11 is 1.46. The van der Waals surface area contributed by atoms with Crippen LogP contribution in [0, 0.1) is 0 Å². The van der Waals surface area contributed by atoms with Gasteiger partial charge in [-0.1, -0.05) is 17.4 Å². The van der Waals surface area contributed by atoms with Crippen LogP contribution in [0.15, 0.2) is 35.3 Å². The Hall–Kier alpha value is -3.00. The standard InChI is InChI=1S/C24H30N2O5S/c1-6-26-21-17(28-7-2)12-11-13-20(21)32-24(26)25-23(27)16-14-18(29-8-3)22(31-10-5)19(15-16)30-9-4/h11-15H,6-10H2,1-5H3. The molecule has 172 valence electrons. The number of ether oxygens (including phenoxy) is 4. The predicted molar refractivity (Wildman–Crippen MR) is 127 cm³/mol. The normalized spacial score (nSPS) is 11.6. The molecule has 1 aromatic heterocycles. The second kappa shape index (κ2) is 11.0. The Kier molecular flexibility index (Phi) is 8.16. The van der Waals surface area contributed by atoms with Gasteiger partial charge in [0.25, 0.3) is 5.91 Å². The van der Waals surface area contributed by atoms with Gasteiger partial charge < -0.3 is 23.5 Å². The highest BCUT2D eigenvalue weighted by atomic mass is 32.1. The number of hydrogen-bond donors (Lipinski definition) is 0. The lowest BCUT2D eigenvalue weighted by Crippen LogP contribution is -2.16. The lowest BCUT2D eigenvalue weighted by Gasteiger charge is -2.16. The van der Waals surface area contributed by atoms with Gasteiger partial charge in [0, 0.05) is 12.1 Å². The van der Waals surface area contributed by atoms with Gasteiger partial charge >= 0.3 is 0 Å². The van der Waals surface area contributed by atoms with E-state index in [0.717, 1.165) is 16.0 Å². The molecule has 0 radical (unpaired) electrons. The summed E-state index contributed by atoms with van der Waals surface area (Å²) in [5.74, 6) is 1.85. The first-order chi connectivity index (χ1) is 15.6. The van der Waals surface area contributed by atoms with Gasteiger partial charge in [0.1, 0.15) is 11.3 Å². The minimum absolute atomic E-state index is 0.373. The van der Waals surface area contributed by atoms with Gasteiger partial charge in [-0.25, -0.2) is 0 Å². The van der Waals surface area contributed by atoms with E-state index >= 15 is 0 Å². The molecule has 0 N–H and O–H groups in total. The SMILES string of the molecule is CCOc1cc(C(=O)N=c2sc3cccc(OCC)c3n2CC)cc(OCC)c1OCC. The van der Waals surface area contributed by atoms with E-state index in [2.05, 4.69) is 4.99 Å². The van der Waals surface area contributed by atoms with Crippen LogP contribution in [0.3, 0.4) is 0 Å². The van der Waals surface area contributed by atoms with Gasteiger partial charge in [0.2, 0.25) is 5.75 Å². The van der Waals surface area contributed by atoms with Crippen LogP contribution in [0.5, 0.6) is 23.0 Å². The average molecular weight is 459 g/mol. The summed E-state index contributed by atoms with van der Waals surface area (Å²) in [6.07, 6.45) is 0. The monoisotopic (exact) mass is 458 g/mol. The minimum Gasteiger partial charge on any atom is -0.492 e. The molecule has 0 fully saturated rings. The maximum absolute atomic E-state index is 13.2. The molecule has 1 heterocycles. The Balaban J connectivity index is 2.13. The van der Waals surface area contributed by atoms with Gasteiger partial charge in [-0.3, -0.25) is 4.79 Å². The van der Waals surface area contributed by atoms with Gasteiger partial charge in [-0.2, -0.15) is 4.99 Å². The van der Waals surface area contributed by atoms with E-state index in [0.29, 0.717) is 60.6 Å². The molecule has 0 saturated carbocycles. The molecule has 7 nitrogen and oxygen atoms in total. The molecule has 8 heteroatoms. The van der Waals surface area contributed by atoms with Gasteiger partial charge in [-0.05, 0) is 58.9 Å². The van der Waals surface area contributed by atoms with Crippen LogP contribution < -0.4 is 23.7 Å². The number of fused-ring (bicyclic) bond motifs is 1. The third kappa shape index (κ3) is 4.91. The quantitative estimate of drug-likeness (QED) is 0.425. The number of amides is 1. The summed E-state index contributed by atoms with van der Waals surface area (Å²) in [5, 5.41) is 0. The van der Waals surface area contributed by atoms with Gasteiger partial charge in [-0.15, -0.1) is 0 Å². The molecular weight excluding hydrogens is 428 g/mol. The lowest BCUT2D eigenvalue weighted by molar-refractivity contribution is 0.0996. The van der Waals surface area contributed by atoms with Crippen LogP contribution in [0.2, 0.25) is 0 Å². The molecule has 32 heavy (non-hydrogen) atoms. The van der Waals surface area contributed by atoms with Crippen LogP contribution >= 0.6 is 11.3 Å². The number of aromatic nitrogens is 1. The van der Waals surface area contributed by atoms with Crippen molar-refractivity contribution >= 4 is 27.5 Å². The second-order valence-corrected chi connectivity index (χ2v) is 7.69. The highest BCUT2D eigenvalue weighted by molar-refractivity contribution is 7.16. The maximum atomic E-state index is 13.2. The average Bonchev–Trinajstić information content (AvgIpc) is 3.14. The molecule has 1 amide bonds. The highest BCUT2D eigenvalue weighted by Crippen LogP contribution is 2.39. The zero-order chi connectivity index (χ0) is 23.1. The number of aryl methyl sites for hydroxylation is 1. The zero-order valence-corrected chi connectivity index (χ0v) is 20.1. The van der Waals surface area contributed by atoms with Crippen LogP contribution in [-0.2, 0) is 6.54 Å². The van der Waals surface area contributed by atoms with Gasteiger partial charge in [0.15, 0.2) is 16.3 Å². The van der Waals surface area contributed by atoms with E-state index in [9.17, 15) is 4.79 Å². The summed E-state index contributed by atoms with van der Waals surface area (Å²) < 4.78 is 26.0. The molecular formula is C24H30N2O5S. The molecule has 0 aliphatic heterocycles. The fraction of sp³-hybridized carbons (Fsp3) is 0.417. The Morgan fingerprint density at radius 3 is 2.03 bits per heavy atom. The molecule has 0 unspecified atom stereocenters. The smallest absolute Gasteiger partial charge is 0.279 e. The van der Waals surface area contributed by atoms with Crippen molar-refractivity contribution in [3.8, 4) is 23.0 Å². The highest BCUT2D eigenvalue weighted by Gasteiger charge is 2.19. The first-order valence-electron chi connectivity index (χ1n) is 11.0. The molecule has 3 aromatic rings. The number of rotatable bonds is 10. The molecule has 0 saturated heterocycles. The van der Waals surface area contributed by atoms with Crippen molar-refractivity contribution in [1.29, 1.82) is 0 Å². The van der Waals surface area contributed by atoms with Crippen molar-refractivity contribution in [1.82, 2.24) is 4.57 Å². The summed E-state index contributed by atoms with van der Waals surface area (Å²) in [7, 11) is 0. The molecule has 0 spiro atoms. The Morgan fingerprint density at radius 1 is 0.875 bits per heavy atom. The van der Waals surface area contributed by atoms with E-state index < -0.39 is 0 Å². The molecule has 0 aliphatic rings. The second-order valence-electron chi connectivity index (χ2n) is 6.68. The van der Waals surface area contributed by atoms with E-state index in [4.69, 9.17) is 18.9 Å². The maximum Gasteiger partial charge on any atom is 0.279 e. The summed E-state index contributed by atoms with van der Waals surface area (Å²) in [6, 6.07) is 9.22. The fourth-order valence-corrected chi connectivity index (χ4v) is 4.52. The topological polar surface area (TPSA) is 71.3 Å². The zero-order valence-electron chi connectivity index (χ0n) is 19.3. The van der Waals surface area contributed by atoms with E-state index in [1.165, 1.54) is 11.3 Å². The van der Waals surface area contributed by atoms with E-state index in [1.54, 1.807) is 12.1 Å². The number of benzene rings is 2. The molecule has 0 bridgehead atoms. The molecule has 3 rings (SSSR count). The van der Waals surface area contributed by atoms with Crippen LogP contribution in [0.1, 0.15) is 45.0 Å². The summed E-state index contributed by atoms with van der Waals surface area (Å²) in [5.41, 5.74) is 1.33. The Bertz CT molecular complexity index is 1120. The van der Waals surface area contributed by atoms with Crippen molar-refractivity contribution in [3.63, 3.8) is 0 Å². The first-order valence-corrected chi connectivity index (χ1v) is 11.8. The summed E-state index contributed by atoms with van der Waals surface area (Å²) in [4.78, 5) is 18.3. The number of nitrogens with zero attached hydrogens (tertiary/aromatic N) is 2. The van der Waals surface area contributed by atoms with Crippen molar-refractivity contribution < 1.29 is 23.7 Å². The van der Waals surface area contributed by atoms with E-state index in [1.807, 2.05) is 57.4 Å². The van der Waals surface area contributed by atoms with Crippen molar-refractivity contribution in [3.05, 3.63) is 40.7 Å². The van der Waals surface area contributed by atoms with Crippen LogP contribution in [0.4, 0.5) is 0 Å². The minimum atomic E-state index is -0.373. The number of para-hydroxylation sites is 1. The Labute approximate surface area is 192 Å². The van der Waals surface area contributed by atoms with Crippen molar-refractivity contribution in [2.75, 3.05) is 26.4 Å². The van der Waals surface area contributed by atoms with E-state index in [-0.39, 0.29) is 5.91 Å². The fourth-order valence-electron chi connectivity index (χ4n) is 3.41. The molecule has 2 aromatic carbocycles. The number of thiazole rings is 1. The van der Waals surface area contributed by atoms with Gasteiger partial charge in [0.05, 0.1) is 31.1 Å². The number of carbonyl (C=O) groups is 1. The predicted octanol–water partition coefficient (Wildman–Crippen LogP) is 5.06. The first kappa shape index (κ1) is 23.7. The Morgan fingerprint density at radius 2 is 1.47 bits per heavy atom. The summed E-state index contributed by atoms with van der Waals surface area (Å²) in [6.45, 7) is 12.2. The third-order valence-corrected chi connectivity index (χ3v) is 5.68. The number of hydrogen-bond acceptors (Lipinski definition) is 6.